The van der Waals surface area contributed by atoms with E-state index in [1.165, 1.54) is 4.90 Å². The summed E-state index contributed by atoms with van der Waals surface area (Å²) in [7, 11) is 0. The summed E-state index contributed by atoms with van der Waals surface area (Å²) in [6.07, 6.45) is 0.612. The molecular formula is C12H15F4N3O. The SMILES string of the molecule is OCCCN1CCN(c2c(F)c(F)nc(F)c2F)CC1. The Bertz CT molecular complexity index is 452. The fourth-order valence-electron chi connectivity index (χ4n) is 2.24. The van der Waals surface area contributed by atoms with Crippen LogP contribution in [-0.4, -0.2) is 54.3 Å². The third-order valence-electron chi connectivity index (χ3n) is 3.30. The highest BCUT2D eigenvalue weighted by Crippen LogP contribution is 2.27. The first-order chi connectivity index (χ1) is 9.54. The normalized spacial score (nSPS) is 16.8. The molecule has 20 heavy (non-hydrogen) atoms. The van der Waals surface area contributed by atoms with E-state index < -0.39 is 29.2 Å². The number of aliphatic hydroxyl groups is 1. The second kappa shape index (κ2) is 6.36. The lowest BCUT2D eigenvalue weighted by Gasteiger charge is -2.36. The number of piperazine rings is 1. The van der Waals surface area contributed by atoms with Gasteiger partial charge in [-0.3, -0.25) is 4.90 Å². The number of aromatic nitrogens is 1. The van der Waals surface area contributed by atoms with E-state index in [-0.39, 0.29) is 19.7 Å². The van der Waals surface area contributed by atoms with Crippen LogP contribution in [0.15, 0.2) is 0 Å². The molecule has 0 spiro atoms. The van der Waals surface area contributed by atoms with Crippen molar-refractivity contribution in [3.63, 3.8) is 0 Å². The number of hydrogen-bond acceptors (Lipinski definition) is 4. The van der Waals surface area contributed by atoms with Gasteiger partial charge in [-0.15, -0.1) is 0 Å². The number of aliphatic hydroxyl groups excluding tert-OH is 1. The predicted octanol–water partition coefficient (Wildman–Crippen LogP) is 1.14. The molecular weight excluding hydrogens is 278 g/mol. The predicted molar refractivity (Wildman–Crippen MR) is 64.4 cm³/mol. The fourth-order valence-corrected chi connectivity index (χ4v) is 2.24. The molecule has 8 heteroatoms. The second-order valence-corrected chi connectivity index (χ2v) is 4.58. The van der Waals surface area contributed by atoms with Gasteiger partial charge < -0.3 is 10.0 Å². The number of halogens is 4. The first-order valence-electron chi connectivity index (χ1n) is 6.32. The Kier molecular flexibility index (Phi) is 4.77. The lowest BCUT2D eigenvalue weighted by molar-refractivity contribution is 0.215. The molecule has 1 aromatic rings. The zero-order valence-corrected chi connectivity index (χ0v) is 10.8. The third-order valence-corrected chi connectivity index (χ3v) is 3.30. The van der Waals surface area contributed by atoms with E-state index in [9.17, 15) is 17.6 Å². The average molecular weight is 293 g/mol. The summed E-state index contributed by atoms with van der Waals surface area (Å²) in [4.78, 5) is 5.82. The largest absolute Gasteiger partial charge is 0.396 e. The standard InChI is InChI=1S/C12H15F4N3O/c13-8-10(9(14)12(16)17-11(8)15)19-5-3-18(4-6-19)2-1-7-20/h20H,1-7H2. The van der Waals surface area contributed by atoms with Gasteiger partial charge in [-0.05, 0) is 6.42 Å². The highest BCUT2D eigenvalue weighted by atomic mass is 19.2. The van der Waals surface area contributed by atoms with Crippen molar-refractivity contribution in [3.05, 3.63) is 23.5 Å². The molecule has 1 saturated heterocycles. The Labute approximate surface area is 113 Å². The Morgan fingerprint density at radius 2 is 1.50 bits per heavy atom. The van der Waals surface area contributed by atoms with E-state index in [1.807, 2.05) is 4.90 Å². The van der Waals surface area contributed by atoms with Crippen LogP contribution in [0.3, 0.4) is 0 Å². The van der Waals surface area contributed by atoms with Crippen LogP contribution >= 0.6 is 0 Å². The molecule has 0 atom stereocenters. The molecule has 0 saturated carbocycles. The van der Waals surface area contributed by atoms with E-state index in [0.717, 1.165) is 0 Å². The lowest BCUT2D eigenvalue weighted by Crippen LogP contribution is -2.47. The zero-order chi connectivity index (χ0) is 14.7. The number of rotatable bonds is 4. The summed E-state index contributed by atoms with van der Waals surface area (Å²) in [5.41, 5.74) is -0.697. The van der Waals surface area contributed by atoms with Gasteiger partial charge in [-0.2, -0.15) is 22.5 Å². The van der Waals surface area contributed by atoms with Gasteiger partial charge in [0.25, 0.3) is 11.9 Å². The van der Waals surface area contributed by atoms with Crippen LogP contribution in [0.25, 0.3) is 0 Å². The van der Waals surface area contributed by atoms with Gasteiger partial charge in [0.2, 0.25) is 11.6 Å². The number of anilines is 1. The first kappa shape index (κ1) is 15.0. The van der Waals surface area contributed by atoms with Crippen LogP contribution in [0.2, 0.25) is 0 Å². The molecule has 0 bridgehead atoms. The highest BCUT2D eigenvalue weighted by Gasteiger charge is 2.27. The maximum atomic E-state index is 13.6. The molecule has 0 aromatic carbocycles. The van der Waals surface area contributed by atoms with Crippen LogP contribution in [-0.2, 0) is 0 Å². The molecule has 2 rings (SSSR count). The highest BCUT2D eigenvalue weighted by molar-refractivity contribution is 5.49. The Hall–Kier alpha value is -1.41. The van der Waals surface area contributed by atoms with Gasteiger partial charge in [0, 0.05) is 39.3 Å². The first-order valence-corrected chi connectivity index (χ1v) is 6.32. The molecule has 0 amide bonds. The molecule has 112 valence electrons. The van der Waals surface area contributed by atoms with Crippen LogP contribution in [0, 0.1) is 23.5 Å². The summed E-state index contributed by atoms with van der Waals surface area (Å²) in [5, 5.41) is 8.73. The van der Waals surface area contributed by atoms with Crippen molar-refractivity contribution in [2.75, 3.05) is 44.2 Å². The summed E-state index contributed by atoms with van der Waals surface area (Å²) >= 11 is 0. The molecule has 1 N–H and O–H groups in total. The average Bonchev–Trinajstić information content (AvgIpc) is 2.44. The van der Waals surface area contributed by atoms with E-state index in [2.05, 4.69) is 4.98 Å². The molecule has 1 aliphatic heterocycles. The lowest BCUT2D eigenvalue weighted by atomic mass is 10.2. The molecule has 2 heterocycles. The number of hydrogen-bond donors (Lipinski definition) is 1. The minimum absolute atomic E-state index is 0.0737. The van der Waals surface area contributed by atoms with Crippen molar-refractivity contribution in [1.82, 2.24) is 9.88 Å². The van der Waals surface area contributed by atoms with E-state index in [1.54, 1.807) is 0 Å². The quantitative estimate of drug-likeness (QED) is 0.667. The van der Waals surface area contributed by atoms with Crippen molar-refractivity contribution in [3.8, 4) is 0 Å². The fraction of sp³-hybridized carbons (Fsp3) is 0.583. The van der Waals surface area contributed by atoms with Gasteiger partial charge in [-0.1, -0.05) is 0 Å². The van der Waals surface area contributed by atoms with Crippen molar-refractivity contribution in [2.24, 2.45) is 0 Å². The molecule has 0 aliphatic carbocycles. The van der Waals surface area contributed by atoms with E-state index in [0.29, 0.717) is 26.1 Å². The molecule has 0 radical (unpaired) electrons. The second-order valence-electron chi connectivity index (χ2n) is 4.58. The summed E-state index contributed by atoms with van der Waals surface area (Å²) < 4.78 is 53.3. The van der Waals surface area contributed by atoms with Gasteiger partial charge in [-0.25, -0.2) is 0 Å². The molecule has 0 unspecified atom stereocenters. The summed E-state index contributed by atoms with van der Waals surface area (Å²) in [6.45, 7) is 2.26. The maximum Gasteiger partial charge on any atom is 0.253 e. The Morgan fingerprint density at radius 1 is 0.950 bits per heavy atom. The van der Waals surface area contributed by atoms with Crippen molar-refractivity contribution in [2.45, 2.75) is 6.42 Å². The minimum atomic E-state index is -1.64. The third kappa shape index (κ3) is 3.01. The molecule has 1 aromatic heterocycles. The zero-order valence-electron chi connectivity index (χ0n) is 10.8. The van der Waals surface area contributed by atoms with Gasteiger partial charge in [0.1, 0.15) is 5.69 Å². The summed E-state index contributed by atoms with van der Waals surface area (Å²) in [5.74, 6) is -6.20. The Morgan fingerprint density at radius 3 is 2.00 bits per heavy atom. The van der Waals surface area contributed by atoms with Crippen LogP contribution in [0.4, 0.5) is 23.2 Å². The molecule has 1 fully saturated rings. The summed E-state index contributed by atoms with van der Waals surface area (Å²) in [6, 6.07) is 0. The van der Waals surface area contributed by atoms with Crippen LogP contribution in [0.1, 0.15) is 6.42 Å². The van der Waals surface area contributed by atoms with Crippen molar-refractivity contribution in [1.29, 1.82) is 0 Å². The van der Waals surface area contributed by atoms with Gasteiger partial charge >= 0.3 is 0 Å². The monoisotopic (exact) mass is 293 g/mol. The number of pyridine rings is 1. The van der Waals surface area contributed by atoms with Crippen molar-refractivity contribution >= 4 is 5.69 Å². The molecule has 4 nitrogen and oxygen atoms in total. The number of nitrogens with zero attached hydrogens (tertiary/aromatic N) is 3. The Balaban J connectivity index is 2.11. The van der Waals surface area contributed by atoms with Crippen LogP contribution < -0.4 is 4.90 Å². The minimum Gasteiger partial charge on any atom is -0.396 e. The van der Waals surface area contributed by atoms with E-state index >= 15 is 0 Å². The topological polar surface area (TPSA) is 39.6 Å². The maximum absolute atomic E-state index is 13.6. The van der Waals surface area contributed by atoms with Crippen LogP contribution in [0.5, 0.6) is 0 Å². The smallest absolute Gasteiger partial charge is 0.253 e. The molecule has 1 aliphatic rings. The van der Waals surface area contributed by atoms with Gasteiger partial charge in [0.15, 0.2) is 0 Å². The van der Waals surface area contributed by atoms with Crippen molar-refractivity contribution < 1.29 is 22.7 Å². The van der Waals surface area contributed by atoms with E-state index in [4.69, 9.17) is 5.11 Å². The van der Waals surface area contributed by atoms with Gasteiger partial charge in [0.05, 0.1) is 0 Å².